The highest BCUT2D eigenvalue weighted by Crippen LogP contribution is 2.24. The van der Waals surface area contributed by atoms with Crippen molar-refractivity contribution < 1.29 is 26.8 Å². The third-order valence-corrected chi connectivity index (χ3v) is 7.00. The molecule has 0 aliphatic heterocycles. The Bertz CT molecular complexity index is 1360. The highest BCUT2D eigenvalue weighted by Gasteiger charge is 2.17. The number of ketones is 1. The molecule has 0 spiro atoms. The number of carbonyl (C=O) groups is 2. The van der Waals surface area contributed by atoms with Gasteiger partial charge < -0.3 is 5.32 Å². The van der Waals surface area contributed by atoms with Gasteiger partial charge in [0.15, 0.2) is 17.4 Å². The lowest BCUT2D eigenvalue weighted by atomic mass is 10.0. The molecule has 34 heavy (non-hydrogen) atoms. The number of halogens is 2. The molecular weight excluding hydrogens is 462 g/mol. The van der Waals surface area contributed by atoms with Gasteiger partial charge in [0, 0.05) is 29.8 Å². The molecular formula is C25H22F2N2O4S. The van der Waals surface area contributed by atoms with E-state index in [9.17, 15) is 26.8 Å². The number of fused-ring (bicyclic) bond motifs is 1. The summed E-state index contributed by atoms with van der Waals surface area (Å²) in [5.74, 6) is -2.85. The molecule has 2 N–H and O–H groups in total. The Morgan fingerprint density at radius 1 is 0.794 bits per heavy atom. The number of carbonyl (C=O) groups excluding carboxylic acids is 2. The fourth-order valence-electron chi connectivity index (χ4n) is 3.82. The van der Waals surface area contributed by atoms with Gasteiger partial charge >= 0.3 is 0 Å². The first kappa shape index (κ1) is 23.6. The monoisotopic (exact) mass is 484 g/mol. The average Bonchev–Trinajstić information content (AvgIpc) is 3.28. The molecule has 6 nitrogen and oxygen atoms in total. The summed E-state index contributed by atoms with van der Waals surface area (Å²) in [4.78, 5) is 24.3. The zero-order valence-electron chi connectivity index (χ0n) is 18.1. The molecule has 3 aromatic carbocycles. The van der Waals surface area contributed by atoms with Gasteiger partial charge in [0.05, 0.1) is 4.90 Å². The molecule has 1 amide bonds. The minimum absolute atomic E-state index is 0.0143. The van der Waals surface area contributed by atoms with Gasteiger partial charge in [-0.2, -0.15) is 0 Å². The van der Waals surface area contributed by atoms with E-state index in [2.05, 4.69) is 10.0 Å². The van der Waals surface area contributed by atoms with E-state index in [1.807, 2.05) is 18.2 Å². The lowest BCUT2D eigenvalue weighted by Crippen LogP contribution is -2.15. The molecule has 0 radical (unpaired) electrons. The maximum absolute atomic E-state index is 13.4. The van der Waals surface area contributed by atoms with Crippen LogP contribution in [0.3, 0.4) is 0 Å². The second-order valence-electron chi connectivity index (χ2n) is 8.07. The van der Waals surface area contributed by atoms with Crippen molar-refractivity contribution >= 4 is 33.1 Å². The first-order valence-corrected chi connectivity index (χ1v) is 12.2. The third-order valence-electron chi connectivity index (χ3n) is 5.62. The van der Waals surface area contributed by atoms with Crippen molar-refractivity contribution in [2.24, 2.45) is 0 Å². The predicted molar refractivity (Wildman–Crippen MR) is 124 cm³/mol. The highest BCUT2D eigenvalue weighted by molar-refractivity contribution is 7.92. The van der Waals surface area contributed by atoms with Crippen LogP contribution >= 0.6 is 0 Å². The van der Waals surface area contributed by atoms with Gasteiger partial charge in [-0.25, -0.2) is 17.2 Å². The van der Waals surface area contributed by atoms with Crippen molar-refractivity contribution in [3.63, 3.8) is 0 Å². The van der Waals surface area contributed by atoms with Crippen LogP contribution in [0.25, 0.3) is 0 Å². The molecule has 0 atom stereocenters. The van der Waals surface area contributed by atoms with Crippen molar-refractivity contribution in [3.8, 4) is 0 Å². The second-order valence-corrected chi connectivity index (χ2v) is 9.75. The molecule has 176 valence electrons. The number of hydrogen-bond acceptors (Lipinski definition) is 4. The van der Waals surface area contributed by atoms with Gasteiger partial charge in [0.25, 0.3) is 10.0 Å². The molecule has 0 aromatic heterocycles. The van der Waals surface area contributed by atoms with Gasteiger partial charge in [0.1, 0.15) is 0 Å². The van der Waals surface area contributed by atoms with Gasteiger partial charge in [-0.05, 0) is 78.9 Å². The van der Waals surface area contributed by atoms with Gasteiger partial charge in [-0.3, -0.25) is 14.3 Å². The molecule has 1 aliphatic carbocycles. The van der Waals surface area contributed by atoms with E-state index in [1.54, 1.807) is 0 Å². The number of rotatable bonds is 8. The molecule has 0 saturated carbocycles. The van der Waals surface area contributed by atoms with Crippen LogP contribution in [0.4, 0.5) is 20.2 Å². The largest absolute Gasteiger partial charge is 0.326 e. The SMILES string of the molecule is O=C(CCC(=O)c1ccc2c(c1)CCC2)Nc1ccc(NS(=O)(=O)c2ccc(F)c(F)c2)cc1. The molecule has 0 bridgehead atoms. The summed E-state index contributed by atoms with van der Waals surface area (Å²) in [5, 5.41) is 2.67. The van der Waals surface area contributed by atoms with E-state index in [-0.39, 0.29) is 30.2 Å². The maximum Gasteiger partial charge on any atom is 0.261 e. The van der Waals surface area contributed by atoms with E-state index >= 15 is 0 Å². The lowest BCUT2D eigenvalue weighted by Gasteiger charge is -2.10. The van der Waals surface area contributed by atoms with Gasteiger partial charge in [-0.15, -0.1) is 0 Å². The zero-order chi connectivity index (χ0) is 24.3. The molecule has 0 unspecified atom stereocenters. The number of sulfonamides is 1. The van der Waals surface area contributed by atoms with E-state index in [4.69, 9.17) is 0 Å². The highest BCUT2D eigenvalue weighted by atomic mass is 32.2. The molecule has 3 aromatic rings. The topological polar surface area (TPSA) is 92.3 Å². The van der Waals surface area contributed by atoms with E-state index in [0.29, 0.717) is 17.3 Å². The van der Waals surface area contributed by atoms with E-state index in [0.717, 1.165) is 31.4 Å². The summed E-state index contributed by atoms with van der Waals surface area (Å²) in [5.41, 5.74) is 3.70. The van der Waals surface area contributed by atoms with Crippen LogP contribution in [0.15, 0.2) is 65.6 Å². The fourth-order valence-corrected chi connectivity index (χ4v) is 4.89. The Morgan fingerprint density at radius 3 is 2.24 bits per heavy atom. The van der Waals surface area contributed by atoms with Gasteiger partial charge in [0.2, 0.25) is 5.91 Å². The smallest absolute Gasteiger partial charge is 0.261 e. The molecule has 0 saturated heterocycles. The fraction of sp³-hybridized carbons (Fsp3) is 0.200. The average molecular weight is 485 g/mol. The Kier molecular flexibility index (Phi) is 6.74. The number of Topliss-reactive ketones (excluding diaryl/α,β-unsaturated/α-hetero) is 1. The molecule has 1 aliphatic rings. The molecule has 0 heterocycles. The Morgan fingerprint density at radius 2 is 1.50 bits per heavy atom. The first-order valence-electron chi connectivity index (χ1n) is 10.7. The Hall–Kier alpha value is -3.59. The van der Waals surface area contributed by atoms with Crippen molar-refractivity contribution in [2.45, 2.75) is 37.0 Å². The predicted octanol–water partition coefficient (Wildman–Crippen LogP) is 4.86. The van der Waals surface area contributed by atoms with Crippen molar-refractivity contribution in [3.05, 3.63) is 89.0 Å². The Balaban J connectivity index is 1.31. The summed E-state index contributed by atoms with van der Waals surface area (Å²) >= 11 is 0. The summed E-state index contributed by atoms with van der Waals surface area (Å²) in [6.07, 6.45) is 3.21. The number of amides is 1. The van der Waals surface area contributed by atoms with Gasteiger partial charge in [-0.1, -0.05) is 12.1 Å². The summed E-state index contributed by atoms with van der Waals surface area (Å²) in [6, 6.07) is 13.8. The van der Waals surface area contributed by atoms with Crippen molar-refractivity contribution in [1.29, 1.82) is 0 Å². The van der Waals surface area contributed by atoms with Crippen LogP contribution in [0, 0.1) is 11.6 Å². The summed E-state index contributed by atoms with van der Waals surface area (Å²) < 4.78 is 53.4. The standard InChI is InChI=1S/C25H22F2N2O4S/c26-22-11-10-21(15-23(22)27)34(32,33)29-20-8-6-19(7-9-20)28-25(31)13-12-24(30)18-5-4-16-2-1-3-17(16)14-18/h4-11,14-15,29H,1-3,12-13H2,(H,28,31). The van der Waals surface area contributed by atoms with Crippen LogP contribution in [-0.2, 0) is 27.7 Å². The summed E-state index contributed by atoms with van der Waals surface area (Å²) in [7, 11) is -4.12. The van der Waals surface area contributed by atoms with Crippen molar-refractivity contribution in [1.82, 2.24) is 0 Å². The quantitative estimate of drug-likeness (QED) is 0.447. The van der Waals surface area contributed by atoms with Crippen molar-refractivity contribution in [2.75, 3.05) is 10.0 Å². The zero-order valence-corrected chi connectivity index (χ0v) is 18.9. The number of hydrogen-bond donors (Lipinski definition) is 2. The minimum Gasteiger partial charge on any atom is -0.326 e. The van der Waals surface area contributed by atoms with Crippen LogP contribution in [0.1, 0.15) is 40.7 Å². The lowest BCUT2D eigenvalue weighted by molar-refractivity contribution is -0.116. The van der Waals surface area contributed by atoms with Crippen LogP contribution in [0.2, 0.25) is 0 Å². The number of anilines is 2. The molecule has 0 fully saturated rings. The van der Waals surface area contributed by atoms with Crippen LogP contribution in [0.5, 0.6) is 0 Å². The third kappa shape index (κ3) is 5.48. The Labute approximate surface area is 196 Å². The minimum atomic E-state index is -4.12. The summed E-state index contributed by atoms with van der Waals surface area (Å²) in [6.45, 7) is 0. The molecule has 4 rings (SSSR count). The molecule has 9 heteroatoms. The second kappa shape index (κ2) is 9.72. The van der Waals surface area contributed by atoms with Crippen LogP contribution < -0.4 is 10.0 Å². The van der Waals surface area contributed by atoms with E-state index in [1.165, 1.54) is 35.4 Å². The number of nitrogens with one attached hydrogen (secondary N) is 2. The number of benzene rings is 3. The number of aryl methyl sites for hydroxylation is 2. The van der Waals surface area contributed by atoms with Crippen LogP contribution in [-0.4, -0.2) is 20.1 Å². The van der Waals surface area contributed by atoms with E-state index < -0.39 is 26.6 Å². The normalized spacial score (nSPS) is 12.8. The first-order chi connectivity index (χ1) is 16.2. The maximum atomic E-state index is 13.4.